The van der Waals surface area contributed by atoms with Crippen molar-refractivity contribution < 1.29 is 26.0 Å². The molecule has 7 nitrogen and oxygen atoms in total. The van der Waals surface area contributed by atoms with E-state index in [-0.39, 0.29) is 0 Å². The molecule has 0 heterocycles. The van der Waals surface area contributed by atoms with Crippen LogP contribution in [0.25, 0.3) is 6.08 Å². The van der Waals surface area contributed by atoms with Gasteiger partial charge in [-0.15, -0.1) is 0 Å². The van der Waals surface area contributed by atoms with Crippen LogP contribution in [0.3, 0.4) is 0 Å². The largest absolute Gasteiger partial charge is 0.496 e. The van der Waals surface area contributed by atoms with Gasteiger partial charge < -0.3 is 4.74 Å². The summed E-state index contributed by atoms with van der Waals surface area (Å²) in [4.78, 5) is -0.665. The zero-order valence-electron chi connectivity index (χ0n) is 13.0. The van der Waals surface area contributed by atoms with E-state index in [9.17, 15) is 21.2 Å². The van der Waals surface area contributed by atoms with Crippen LogP contribution in [0.15, 0.2) is 52.8 Å². The fourth-order valence-electron chi connectivity index (χ4n) is 1.98. The molecule has 2 aromatic rings. The summed E-state index contributed by atoms with van der Waals surface area (Å²) in [6, 6.07) is 9.66. The molecule has 0 atom stereocenters. The Hall–Kier alpha value is -2.43. The summed E-state index contributed by atoms with van der Waals surface area (Å²) in [5, 5.41) is 5.75. The number of nitrogens with two attached hydrogens (primary N) is 1. The van der Waals surface area contributed by atoms with Gasteiger partial charge in [0.15, 0.2) is 0 Å². The van der Waals surface area contributed by atoms with Crippen molar-refractivity contribution in [2.45, 2.75) is 4.90 Å². The lowest BCUT2D eigenvalue weighted by Gasteiger charge is -2.10. The van der Waals surface area contributed by atoms with Crippen molar-refractivity contribution in [3.8, 4) is 5.75 Å². The van der Waals surface area contributed by atoms with E-state index in [1.807, 2.05) is 4.72 Å². The molecule has 2 rings (SSSR count). The van der Waals surface area contributed by atoms with Crippen LogP contribution < -0.4 is 14.6 Å². The fraction of sp³-hybridized carbons (Fsp3) is 0.0667. The monoisotopic (exact) mass is 386 g/mol. The van der Waals surface area contributed by atoms with Crippen molar-refractivity contribution in [1.29, 1.82) is 0 Å². The third kappa shape index (κ3) is 4.78. The zero-order chi connectivity index (χ0) is 18.7. The summed E-state index contributed by atoms with van der Waals surface area (Å²) >= 11 is 0. The number of para-hydroxylation sites is 2. The Bertz CT molecular complexity index is 1020. The van der Waals surface area contributed by atoms with Crippen molar-refractivity contribution in [3.05, 3.63) is 59.3 Å². The van der Waals surface area contributed by atoms with E-state index >= 15 is 0 Å². The number of halogens is 1. The van der Waals surface area contributed by atoms with Crippen LogP contribution in [0, 0.1) is 5.82 Å². The first-order valence-corrected chi connectivity index (χ1v) is 9.88. The van der Waals surface area contributed by atoms with E-state index in [2.05, 4.69) is 0 Å². The van der Waals surface area contributed by atoms with Crippen LogP contribution >= 0.6 is 0 Å². The van der Waals surface area contributed by atoms with Crippen LogP contribution in [0.1, 0.15) is 5.56 Å². The molecule has 0 fully saturated rings. The molecule has 0 bridgehead atoms. The van der Waals surface area contributed by atoms with Gasteiger partial charge >= 0.3 is 0 Å². The lowest BCUT2D eigenvalue weighted by molar-refractivity contribution is 0.414. The standard InChI is InChI=1S/C15H15FN2O5S2/c1-23-13-7-3-2-5-11(13)9-10-24(19,20)18-15-12(16)6-4-8-14(15)25(17,21)22/h2-10,18H,1H3,(H2,17,21,22). The van der Waals surface area contributed by atoms with E-state index in [0.717, 1.165) is 23.6 Å². The first-order valence-electron chi connectivity index (χ1n) is 6.79. The van der Waals surface area contributed by atoms with Gasteiger partial charge in [0.05, 0.1) is 12.5 Å². The molecule has 0 aliphatic heterocycles. The highest BCUT2D eigenvalue weighted by molar-refractivity contribution is 7.95. The smallest absolute Gasteiger partial charge is 0.255 e. The average molecular weight is 386 g/mol. The SMILES string of the molecule is COc1ccccc1C=CS(=O)(=O)Nc1c(F)cccc1S(N)(=O)=O. The molecule has 10 heteroatoms. The Morgan fingerprint density at radius 3 is 2.40 bits per heavy atom. The van der Waals surface area contributed by atoms with Crippen molar-refractivity contribution >= 4 is 31.8 Å². The number of methoxy groups -OCH3 is 1. The summed E-state index contributed by atoms with van der Waals surface area (Å²) in [6.07, 6.45) is 1.23. The molecular weight excluding hydrogens is 371 g/mol. The predicted octanol–water partition coefficient (Wildman–Crippen LogP) is 1.89. The van der Waals surface area contributed by atoms with Crippen LogP contribution in [0.5, 0.6) is 5.75 Å². The number of hydrogen-bond acceptors (Lipinski definition) is 5. The Labute approximate surface area is 145 Å². The van der Waals surface area contributed by atoms with Gasteiger partial charge in [0, 0.05) is 5.56 Å². The zero-order valence-corrected chi connectivity index (χ0v) is 14.6. The van der Waals surface area contributed by atoms with Gasteiger partial charge in [-0.25, -0.2) is 26.4 Å². The van der Waals surface area contributed by atoms with Crippen LogP contribution in [0.2, 0.25) is 0 Å². The van der Waals surface area contributed by atoms with Gasteiger partial charge in [0.1, 0.15) is 22.1 Å². The predicted molar refractivity (Wildman–Crippen MR) is 92.3 cm³/mol. The summed E-state index contributed by atoms with van der Waals surface area (Å²) in [6.45, 7) is 0. The molecule has 0 spiro atoms. The molecule has 0 aliphatic carbocycles. The van der Waals surface area contributed by atoms with Gasteiger partial charge in [-0.3, -0.25) is 4.72 Å². The molecule has 25 heavy (non-hydrogen) atoms. The topological polar surface area (TPSA) is 116 Å². The number of anilines is 1. The first-order chi connectivity index (χ1) is 11.6. The maximum atomic E-state index is 13.9. The Morgan fingerprint density at radius 2 is 1.76 bits per heavy atom. The molecule has 134 valence electrons. The minimum absolute atomic E-state index is 0.435. The Morgan fingerprint density at radius 1 is 1.08 bits per heavy atom. The van der Waals surface area contributed by atoms with E-state index in [1.165, 1.54) is 13.2 Å². The number of hydrogen-bond donors (Lipinski definition) is 2. The second-order valence-corrected chi connectivity index (χ2v) is 7.95. The highest BCUT2D eigenvalue weighted by atomic mass is 32.2. The number of benzene rings is 2. The van der Waals surface area contributed by atoms with Crippen LogP contribution in [-0.4, -0.2) is 23.9 Å². The fourth-order valence-corrected chi connectivity index (χ4v) is 3.64. The highest BCUT2D eigenvalue weighted by Crippen LogP contribution is 2.25. The maximum Gasteiger partial charge on any atom is 0.255 e. The quantitative estimate of drug-likeness (QED) is 0.787. The van der Waals surface area contributed by atoms with Crippen molar-refractivity contribution in [2.75, 3.05) is 11.8 Å². The maximum absolute atomic E-state index is 13.9. The second-order valence-electron chi connectivity index (χ2n) is 4.85. The number of primary sulfonamides is 1. The van der Waals surface area contributed by atoms with Gasteiger partial charge in [-0.05, 0) is 24.3 Å². The lowest BCUT2D eigenvalue weighted by Crippen LogP contribution is -2.18. The third-order valence-electron chi connectivity index (χ3n) is 3.09. The van der Waals surface area contributed by atoms with E-state index in [1.54, 1.807) is 24.3 Å². The van der Waals surface area contributed by atoms with E-state index in [4.69, 9.17) is 9.88 Å². The lowest BCUT2D eigenvalue weighted by atomic mass is 10.2. The highest BCUT2D eigenvalue weighted by Gasteiger charge is 2.20. The summed E-state index contributed by atoms with van der Waals surface area (Å²) < 4.78 is 68.2. The average Bonchev–Trinajstić information content (AvgIpc) is 2.54. The molecule has 0 saturated carbocycles. The van der Waals surface area contributed by atoms with Crippen molar-refractivity contribution in [3.63, 3.8) is 0 Å². The van der Waals surface area contributed by atoms with Gasteiger partial charge in [0.25, 0.3) is 10.0 Å². The van der Waals surface area contributed by atoms with E-state index < -0.39 is 36.4 Å². The van der Waals surface area contributed by atoms with Crippen LogP contribution in [-0.2, 0) is 20.0 Å². The Balaban J connectivity index is 2.39. The van der Waals surface area contributed by atoms with E-state index in [0.29, 0.717) is 11.3 Å². The first kappa shape index (κ1) is 18.9. The normalized spacial score (nSPS) is 12.3. The van der Waals surface area contributed by atoms with Gasteiger partial charge in [0.2, 0.25) is 10.0 Å². The molecule has 2 aromatic carbocycles. The summed E-state index contributed by atoms with van der Waals surface area (Å²) in [7, 11) is -7.10. The molecule has 3 N–H and O–H groups in total. The van der Waals surface area contributed by atoms with Crippen LogP contribution in [0.4, 0.5) is 10.1 Å². The molecule has 0 amide bonds. The van der Waals surface area contributed by atoms with Crippen molar-refractivity contribution in [1.82, 2.24) is 0 Å². The number of nitrogens with one attached hydrogen (secondary N) is 1. The molecular formula is C15H15FN2O5S2. The molecule has 0 aromatic heterocycles. The summed E-state index contributed by atoms with van der Waals surface area (Å²) in [5.41, 5.74) is -0.273. The number of sulfonamides is 2. The second kappa shape index (κ2) is 7.21. The van der Waals surface area contributed by atoms with Gasteiger partial charge in [-0.2, -0.15) is 0 Å². The number of rotatable bonds is 6. The minimum atomic E-state index is -4.32. The Kier molecular flexibility index (Phi) is 5.45. The minimum Gasteiger partial charge on any atom is -0.496 e. The van der Waals surface area contributed by atoms with Gasteiger partial charge in [-0.1, -0.05) is 24.3 Å². The molecule has 0 unspecified atom stereocenters. The summed E-state index contributed by atoms with van der Waals surface area (Å²) in [5.74, 6) is -0.633. The molecule has 0 saturated heterocycles. The van der Waals surface area contributed by atoms with Crippen molar-refractivity contribution in [2.24, 2.45) is 5.14 Å². The number of ether oxygens (including phenoxy) is 1. The third-order valence-corrected chi connectivity index (χ3v) is 5.03. The molecule has 0 aliphatic rings. The molecule has 0 radical (unpaired) electrons.